The first-order valence-corrected chi connectivity index (χ1v) is 8.45. The summed E-state index contributed by atoms with van der Waals surface area (Å²) >= 11 is 11.7. The first-order chi connectivity index (χ1) is 6.79. The van der Waals surface area contributed by atoms with E-state index in [0.717, 1.165) is 12.0 Å². The van der Waals surface area contributed by atoms with Gasteiger partial charge >= 0.3 is 6.19 Å². The highest BCUT2D eigenvalue weighted by Crippen LogP contribution is 2.64. The lowest BCUT2D eigenvalue weighted by molar-refractivity contribution is 0.508. The van der Waals surface area contributed by atoms with Gasteiger partial charge in [0.2, 0.25) is 0 Å². The third-order valence-electron chi connectivity index (χ3n) is 2.81. The van der Waals surface area contributed by atoms with E-state index in [-0.39, 0.29) is 5.41 Å². The van der Waals surface area contributed by atoms with Gasteiger partial charge in [-0.05, 0) is 17.9 Å². The highest BCUT2D eigenvalue weighted by molar-refractivity contribution is 8.18. The molecule has 0 aliphatic carbocycles. The average Bonchev–Trinajstić information content (AvgIpc) is 2.16. The molecule has 0 amide bonds. The molecule has 15 heavy (non-hydrogen) atoms. The molecule has 84 valence electrons. The Morgan fingerprint density at radius 3 is 2.27 bits per heavy atom. The number of hydrogen-bond acceptors (Lipinski definition) is 1. The molecule has 4 heteroatoms. The average molecular weight is 266 g/mol. The highest BCUT2D eigenvalue weighted by Gasteiger charge is 2.40. The van der Waals surface area contributed by atoms with Crippen LogP contribution >= 0.6 is 28.7 Å². The molecule has 0 bridgehead atoms. The maximum atomic E-state index is 9.77. The largest absolute Gasteiger partial charge is 0.368 e. The van der Waals surface area contributed by atoms with E-state index in [9.17, 15) is 4.89 Å². The Bertz CT molecular complexity index is 345. The molecule has 0 aliphatic heterocycles. The van der Waals surface area contributed by atoms with Gasteiger partial charge in [0, 0.05) is 5.56 Å². The van der Waals surface area contributed by atoms with Gasteiger partial charge in [0.1, 0.15) is 22.5 Å². The summed E-state index contributed by atoms with van der Waals surface area (Å²) < 4.78 is 0. The number of hydrogen-bond donors (Lipinski definition) is 1. The van der Waals surface area contributed by atoms with Crippen LogP contribution < -0.4 is 5.30 Å². The van der Waals surface area contributed by atoms with Crippen molar-refractivity contribution in [3.8, 4) is 0 Å². The summed E-state index contributed by atoms with van der Waals surface area (Å²) in [4.78, 5) is 9.77. The SMILES string of the molecule is CCC(C)(C)c1ccccc1[P+](O)(Cl)Cl. The van der Waals surface area contributed by atoms with Crippen LogP contribution in [-0.4, -0.2) is 4.89 Å². The zero-order valence-corrected chi connectivity index (χ0v) is 11.6. The molecule has 0 aromatic heterocycles. The summed E-state index contributed by atoms with van der Waals surface area (Å²) in [6.45, 7) is 6.35. The van der Waals surface area contributed by atoms with E-state index >= 15 is 0 Å². The van der Waals surface area contributed by atoms with Gasteiger partial charge in [-0.1, -0.05) is 39.0 Å². The van der Waals surface area contributed by atoms with Gasteiger partial charge in [-0.25, -0.2) is 4.89 Å². The summed E-state index contributed by atoms with van der Waals surface area (Å²) in [5.74, 6) is 0. The quantitative estimate of drug-likeness (QED) is 0.811. The molecule has 0 heterocycles. The van der Waals surface area contributed by atoms with Gasteiger partial charge in [0.15, 0.2) is 5.30 Å². The van der Waals surface area contributed by atoms with E-state index in [4.69, 9.17) is 22.5 Å². The molecule has 1 N–H and O–H groups in total. The Labute approximate surface area is 101 Å². The Balaban J connectivity index is 3.31. The molecule has 1 aromatic carbocycles. The Morgan fingerprint density at radius 2 is 1.80 bits per heavy atom. The molecule has 0 radical (unpaired) electrons. The van der Waals surface area contributed by atoms with E-state index in [1.807, 2.05) is 18.2 Å². The fourth-order valence-electron chi connectivity index (χ4n) is 1.47. The van der Waals surface area contributed by atoms with E-state index < -0.39 is 6.19 Å². The van der Waals surface area contributed by atoms with E-state index in [2.05, 4.69) is 20.8 Å². The predicted octanol–water partition coefficient (Wildman–Crippen LogP) is 4.23. The van der Waals surface area contributed by atoms with Crippen LogP contribution in [0.15, 0.2) is 24.3 Å². The van der Waals surface area contributed by atoms with Gasteiger partial charge in [-0.15, -0.1) is 0 Å². The lowest BCUT2D eigenvalue weighted by Crippen LogP contribution is -2.24. The van der Waals surface area contributed by atoms with Crippen molar-refractivity contribution in [2.45, 2.75) is 32.6 Å². The first-order valence-electron chi connectivity index (χ1n) is 4.90. The second-order valence-corrected chi connectivity index (χ2v) is 9.14. The molecule has 0 atom stereocenters. The molecule has 0 unspecified atom stereocenters. The fraction of sp³-hybridized carbons (Fsp3) is 0.455. The first kappa shape index (κ1) is 13.3. The van der Waals surface area contributed by atoms with Crippen LogP contribution in [0.25, 0.3) is 0 Å². The van der Waals surface area contributed by atoms with E-state index in [1.165, 1.54) is 0 Å². The minimum absolute atomic E-state index is 0.0195. The Hall–Kier alpha value is 0.190. The van der Waals surface area contributed by atoms with Crippen molar-refractivity contribution in [3.05, 3.63) is 29.8 Å². The maximum Gasteiger partial charge on any atom is 0.368 e. The lowest BCUT2D eigenvalue weighted by Gasteiger charge is -2.24. The molecular formula is C11H16Cl2OP+. The van der Waals surface area contributed by atoms with Crippen LogP contribution in [-0.2, 0) is 5.41 Å². The lowest BCUT2D eigenvalue weighted by atomic mass is 9.82. The third-order valence-corrected chi connectivity index (χ3v) is 4.87. The second kappa shape index (κ2) is 4.59. The topological polar surface area (TPSA) is 20.2 Å². The van der Waals surface area contributed by atoms with Crippen molar-refractivity contribution >= 4 is 34.0 Å². The molecular weight excluding hydrogens is 250 g/mol. The van der Waals surface area contributed by atoms with Crippen molar-refractivity contribution in [1.29, 1.82) is 0 Å². The summed E-state index contributed by atoms with van der Waals surface area (Å²) in [6.07, 6.45) is -2.00. The summed E-state index contributed by atoms with van der Waals surface area (Å²) in [6, 6.07) is 7.58. The smallest absolute Gasteiger partial charge is 0.210 e. The minimum Gasteiger partial charge on any atom is -0.210 e. The van der Waals surface area contributed by atoms with Crippen molar-refractivity contribution in [1.82, 2.24) is 0 Å². The van der Waals surface area contributed by atoms with Crippen molar-refractivity contribution in [2.24, 2.45) is 0 Å². The Kier molecular flexibility index (Phi) is 4.06. The molecule has 0 fully saturated rings. The summed E-state index contributed by atoms with van der Waals surface area (Å²) in [5.41, 5.74) is 1.02. The highest BCUT2D eigenvalue weighted by atomic mass is 35.9. The van der Waals surface area contributed by atoms with Crippen LogP contribution in [0, 0.1) is 0 Å². The standard InChI is InChI=1S/C11H16Cl2OP/c1-4-11(2,3)9-7-5-6-8-10(9)15(12,13)14/h5-8,14H,4H2,1-3H3/q+1. The predicted molar refractivity (Wildman–Crippen MR) is 70.2 cm³/mol. The van der Waals surface area contributed by atoms with Crippen LogP contribution in [0.4, 0.5) is 0 Å². The van der Waals surface area contributed by atoms with Crippen LogP contribution in [0.1, 0.15) is 32.8 Å². The molecule has 0 saturated heterocycles. The third kappa shape index (κ3) is 3.07. The zero-order valence-electron chi connectivity index (χ0n) is 9.17. The zero-order chi connectivity index (χ0) is 11.7. The molecule has 0 saturated carbocycles. The van der Waals surface area contributed by atoms with Crippen LogP contribution in [0.2, 0.25) is 0 Å². The number of rotatable bonds is 3. The summed E-state index contributed by atoms with van der Waals surface area (Å²) in [5, 5.41) is 0.681. The van der Waals surface area contributed by atoms with Gasteiger partial charge in [0.05, 0.1) is 0 Å². The Morgan fingerprint density at radius 1 is 1.27 bits per heavy atom. The van der Waals surface area contributed by atoms with Crippen LogP contribution in [0.3, 0.4) is 0 Å². The van der Waals surface area contributed by atoms with E-state index in [1.54, 1.807) is 6.07 Å². The van der Waals surface area contributed by atoms with Gasteiger partial charge in [-0.2, -0.15) is 0 Å². The van der Waals surface area contributed by atoms with E-state index in [0.29, 0.717) is 5.30 Å². The molecule has 0 spiro atoms. The van der Waals surface area contributed by atoms with Gasteiger partial charge in [0.25, 0.3) is 0 Å². The van der Waals surface area contributed by atoms with Crippen molar-refractivity contribution < 1.29 is 4.89 Å². The monoisotopic (exact) mass is 265 g/mol. The molecule has 0 aliphatic rings. The van der Waals surface area contributed by atoms with Crippen LogP contribution in [0.5, 0.6) is 0 Å². The van der Waals surface area contributed by atoms with Gasteiger partial charge in [-0.3, -0.25) is 0 Å². The molecule has 1 aromatic rings. The molecule has 1 nitrogen and oxygen atoms in total. The second-order valence-electron chi connectivity index (χ2n) is 4.24. The van der Waals surface area contributed by atoms with Crippen molar-refractivity contribution in [3.63, 3.8) is 0 Å². The van der Waals surface area contributed by atoms with Crippen molar-refractivity contribution in [2.75, 3.05) is 0 Å². The van der Waals surface area contributed by atoms with Gasteiger partial charge < -0.3 is 0 Å². The maximum absolute atomic E-state index is 9.77. The minimum atomic E-state index is -2.97. The fourth-order valence-corrected chi connectivity index (χ4v) is 3.29. The number of halogens is 2. The summed E-state index contributed by atoms with van der Waals surface area (Å²) in [7, 11) is 0. The number of benzene rings is 1. The molecule has 1 rings (SSSR count). The normalized spacial score (nSPS) is 12.9.